The maximum atomic E-state index is 12.3. The number of aromatic nitrogens is 2. The van der Waals surface area contributed by atoms with Crippen LogP contribution < -0.4 is 16.0 Å². The van der Waals surface area contributed by atoms with Crippen LogP contribution in [0.5, 0.6) is 0 Å². The second-order valence-corrected chi connectivity index (χ2v) is 10.7. The molecule has 1 amide bonds. The van der Waals surface area contributed by atoms with Crippen molar-refractivity contribution in [3.8, 4) is 22.4 Å². The van der Waals surface area contributed by atoms with E-state index >= 15 is 0 Å². The highest BCUT2D eigenvalue weighted by Gasteiger charge is 2.30. The number of pyridine rings is 2. The van der Waals surface area contributed by atoms with Gasteiger partial charge < -0.3 is 16.0 Å². The van der Waals surface area contributed by atoms with Crippen molar-refractivity contribution in [3.05, 3.63) is 71.9 Å². The van der Waals surface area contributed by atoms with Gasteiger partial charge in [-0.2, -0.15) is 0 Å². The lowest BCUT2D eigenvalue weighted by molar-refractivity contribution is -0.117. The third kappa shape index (κ3) is 4.15. The summed E-state index contributed by atoms with van der Waals surface area (Å²) in [6.07, 6.45) is 7.91. The van der Waals surface area contributed by atoms with Crippen LogP contribution in [0.25, 0.3) is 33.3 Å². The Bertz CT molecular complexity index is 1530. The molecule has 3 heterocycles. The van der Waals surface area contributed by atoms with Gasteiger partial charge in [0.25, 0.3) is 0 Å². The topological polar surface area (TPSA) is 84.1 Å². The number of amides is 1. The molecule has 7 rings (SSSR count). The molecule has 0 spiro atoms. The zero-order valence-corrected chi connectivity index (χ0v) is 20.9. The molecule has 186 valence electrons. The molecular weight excluding hydrogens is 458 g/mol. The maximum absolute atomic E-state index is 12.3. The summed E-state index contributed by atoms with van der Waals surface area (Å²) >= 11 is 0. The summed E-state index contributed by atoms with van der Waals surface area (Å²) in [6, 6.07) is 19.4. The van der Waals surface area contributed by atoms with Gasteiger partial charge in [0.05, 0.1) is 16.9 Å². The van der Waals surface area contributed by atoms with Crippen LogP contribution in [0.15, 0.2) is 60.8 Å². The van der Waals surface area contributed by atoms with Gasteiger partial charge in [0.2, 0.25) is 5.91 Å². The second-order valence-electron chi connectivity index (χ2n) is 10.7. The molecule has 4 aromatic rings. The molecule has 3 aliphatic rings. The zero-order valence-electron chi connectivity index (χ0n) is 20.9. The summed E-state index contributed by atoms with van der Waals surface area (Å²) in [7, 11) is 0. The number of carbonyl (C=O) groups excluding carboxylic acids is 1. The number of hydrogen-bond acceptors (Lipinski definition) is 5. The SMILES string of the molecule is NC1CCN(c2c3c(nc4ccc(-c5ccnc(NC(=O)C6CC6)c5)cc24)-c2ccccc2CCC3)C1. The number of benzene rings is 2. The Kier molecular flexibility index (Phi) is 5.43. The molecule has 2 aliphatic carbocycles. The van der Waals surface area contributed by atoms with Crippen LogP contribution >= 0.6 is 0 Å². The van der Waals surface area contributed by atoms with Crippen molar-refractivity contribution in [2.45, 2.75) is 44.6 Å². The summed E-state index contributed by atoms with van der Waals surface area (Å²) in [4.78, 5) is 24.4. The second kappa shape index (κ2) is 8.96. The van der Waals surface area contributed by atoms with Crippen LogP contribution in [0.3, 0.4) is 0 Å². The summed E-state index contributed by atoms with van der Waals surface area (Å²) < 4.78 is 0. The van der Waals surface area contributed by atoms with E-state index in [9.17, 15) is 4.79 Å². The Hall–Kier alpha value is -3.77. The normalized spacial score (nSPS) is 18.8. The van der Waals surface area contributed by atoms with Crippen LogP contribution in [0, 0.1) is 5.92 Å². The summed E-state index contributed by atoms with van der Waals surface area (Å²) in [5, 5.41) is 4.16. The van der Waals surface area contributed by atoms with Gasteiger partial charge in [-0.3, -0.25) is 4.79 Å². The highest BCUT2D eigenvalue weighted by molar-refractivity contribution is 6.00. The minimum Gasteiger partial charge on any atom is -0.369 e. The van der Waals surface area contributed by atoms with Crippen molar-refractivity contribution in [1.82, 2.24) is 9.97 Å². The van der Waals surface area contributed by atoms with Gasteiger partial charge in [-0.1, -0.05) is 30.3 Å². The molecule has 6 nitrogen and oxygen atoms in total. The Balaban J connectivity index is 1.38. The van der Waals surface area contributed by atoms with E-state index in [-0.39, 0.29) is 17.9 Å². The Morgan fingerprint density at radius 2 is 1.86 bits per heavy atom. The predicted octanol–water partition coefficient (Wildman–Crippen LogP) is 5.34. The molecule has 0 bridgehead atoms. The highest BCUT2D eigenvalue weighted by atomic mass is 16.2. The predicted molar refractivity (Wildman–Crippen MR) is 149 cm³/mol. The van der Waals surface area contributed by atoms with Crippen molar-refractivity contribution in [2.24, 2.45) is 11.7 Å². The molecule has 37 heavy (non-hydrogen) atoms. The molecule has 1 saturated heterocycles. The Labute approximate surface area is 216 Å². The number of anilines is 2. The third-order valence-corrected chi connectivity index (χ3v) is 8.03. The fraction of sp³-hybridized carbons (Fsp3) is 0.323. The van der Waals surface area contributed by atoms with Crippen LogP contribution in [0.1, 0.15) is 36.8 Å². The minimum absolute atomic E-state index is 0.0722. The number of carbonyl (C=O) groups is 1. The van der Waals surface area contributed by atoms with E-state index in [0.29, 0.717) is 5.82 Å². The van der Waals surface area contributed by atoms with E-state index in [1.807, 2.05) is 12.1 Å². The molecular formula is C31H31N5O. The lowest BCUT2D eigenvalue weighted by Crippen LogP contribution is -2.27. The lowest BCUT2D eigenvalue weighted by Gasteiger charge is -2.26. The van der Waals surface area contributed by atoms with Crippen LogP contribution in [-0.4, -0.2) is 35.0 Å². The van der Waals surface area contributed by atoms with Crippen LogP contribution in [0.2, 0.25) is 0 Å². The Morgan fingerprint density at radius 1 is 1.00 bits per heavy atom. The van der Waals surface area contributed by atoms with E-state index in [2.05, 4.69) is 57.7 Å². The fourth-order valence-electron chi connectivity index (χ4n) is 5.95. The van der Waals surface area contributed by atoms with E-state index in [1.54, 1.807) is 6.20 Å². The van der Waals surface area contributed by atoms with Crippen LogP contribution in [-0.2, 0) is 17.6 Å². The van der Waals surface area contributed by atoms with Gasteiger partial charge in [-0.05, 0) is 79.5 Å². The molecule has 0 radical (unpaired) electrons. The van der Waals surface area contributed by atoms with Gasteiger partial charge in [0, 0.05) is 47.8 Å². The van der Waals surface area contributed by atoms with Crippen molar-refractivity contribution >= 4 is 28.3 Å². The molecule has 1 unspecified atom stereocenters. The first-order valence-electron chi connectivity index (χ1n) is 13.5. The minimum atomic E-state index is 0.0722. The smallest absolute Gasteiger partial charge is 0.228 e. The van der Waals surface area contributed by atoms with Crippen LogP contribution in [0.4, 0.5) is 11.5 Å². The summed E-state index contributed by atoms with van der Waals surface area (Å²) in [6.45, 7) is 1.83. The molecule has 3 N–H and O–H groups in total. The molecule has 1 atom stereocenters. The van der Waals surface area contributed by atoms with Gasteiger partial charge in [-0.25, -0.2) is 9.97 Å². The van der Waals surface area contributed by atoms with E-state index in [0.717, 1.165) is 74.0 Å². The summed E-state index contributed by atoms with van der Waals surface area (Å²) in [5.41, 5.74) is 15.9. The first-order chi connectivity index (χ1) is 18.1. The number of rotatable bonds is 4. The molecule has 1 saturated carbocycles. The van der Waals surface area contributed by atoms with Gasteiger partial charge in [-0.15, -0.1) is 0 Å². The van der Waals surface area contributed by atoms with Gasteiger partial charge in [0.1, 0.15) is 5.82 Å². The lowest BCUT2D eigenvalue weighted by atomic mass is 9.96. The molecule has 2 aromatic carbocycles. The van der Waals surface area contributed by atoms with Crippen molar-refractivity contribution in [3.63, 3.8) is 0 Å². The average Bonchev–Trinajstić information content (AvgIpc) is 3.71. The number of nitrogens with one attached hydrogen (secondary N) is 1. The third-order valence-electron chi connectivity index (χ3n) is 8.03. The monoisotopic (exact) mass is 489 g/mol. The van der Waals surface area contributed by atoms with Crippen molar-refractivity contribution in [2.75, 3.05) is 23.3 Å². The number of nitrogens with two attached hydrogens (primary N) is 1. The quantitative estimate of drug-likeness (QED) is 0.404. The summed E-state index contributed by atoms with van der Waals surface area (Å²) in [5.74, 6) is 0.826. The zero-order chi connectivity index (χ0) is 24.9. The van der Waals surface area contributed by atoms with Gasteiger partial charge >= 0.3 is 0 Å². The largest absolute Gasteiger partial charge is 0.369 e. The van der Waals surface area contributed by atoms with Crippen molar-refractivity contribution in [1.29, 1.82) is 0 Å². The van der Waals surface area contributed by atoms with E-state index < -0.39 is 0 Å². The standard InChI is InChI=1S/C31H31N5O/c32-23-13-15-36(18-23)30-25-7-3-5-19-4-1-2-6-24(19)29(25)34-27-11-10-21(16-26(27)30)22-12-14-33-28(17-22)35-31(37)20-8-9-20/h1-2,4,6,10-12,14,16-17,20,23H,3,5,7-9,13,15,18,32H2,(H,33,35,37). The van der Waals surface area contributed by atoms with Crippen molar-refractivity contribution < 1.29 is 4.79 Å². The number of hydrogen-bond donors (Lipinski definition) is 2. The first-order valence-corrected chi connectivity index (χ1v) is 13.5. The first kappa shape index (κ1) is 22.4. The fourth-order valence-corrected chi connectivity index (χ4v) is 5.95. The van der Waals surface area contributed by atoms with Gasteiger partial charge in [0.15, 0.2) is 0 Å². The number of aryl methyl sites for hydroxylation is 1. The molecule has 2 fully saturated rings. The molecule has 1 aliphatic heterocycles. The Morgan fingerprint density at radius 3 is 2.70 bits per heavy atom. The number of fused-ring (bicyclic) bond motifs is 4. The highest BCUT2D eigenvalue weighted by Crippen LogP contribution is 2.42. The maximum Gasteiger partial charge on any atom is 0.228 e. The molecule has 6 heteroatoms. The molecule has 2 aromatic heterocycles. The number of nitrogens with zero attached hydrogens (tertiary/aromatic N) is 3. The average molecular weight is 490 g/mol. The van der Waals surface area contributed by atoms with E-state index in [1.165, 1.54) is 27.8 Å². The van der Waals surface area contributed by atoms with E-state index in [4.69, 9.17) is 10.7 Å².